The standard InChI is InChI=1S/C14H23N3O3/c1-3-6-17-10-15-9-12(17)13(14(18)19-2)16-8-11-5-4-7-20-11/h9-11,13,16H,3-8H2,1-2H3. The number of hydrogen-bond donors (Lipinski definition) is 1. The molecule has 0 saturated carbocycles. The zero-order chi connectivity index (χ0) is 14.4. The van der Waals surface area contributed by atoms with Gasteiger partial charge in [0.15, 0.2) is 0 Å². The molecule has 2 atom stereocenters. The summed E-state index contributed by atoms with van der Waals surface area (Å²) in [5, 5.41) is 3.25. The van der Waals surface area contributed by atoms with Crippen LogP contribution in [-0.4, -0.2) is 41.9 Å². The van der Waals surface area contributed by atoms with Gasteiger partial charge in [0.1, 0.15) is 6.04 Å². The maximum atomic E-state index is 12.0. The molecule has 0 amide bonds. The predicted octanol–water partition coefficient (Wildman–Crippen LogP) is 1.28. The van der Waals surface area contributed by atoms with E-state index in [1.54, 1.807) is 12.5 Å². The summed E-state index contributed by atoms with van der Waals surface area (Å²) in [5.41, 5.74) is 0.844. The van der Waals surface area contributed by atoms with Crippen LogP contribution in [0.15, 0.2) is 12.5 Å². The van der Waals surface area contributed by atoms with Crippen molar-refractivity contribution in [1.82, 2.24) is 14.9 Å². The van der Waals surface area contributed by atoms with Crippen LogP contribution < -0.4 is 5.32 Å². The van der Waals surface area contributed by atoms with Gasteiger partial charge in [0.2, 0.25) is 0 Å². The van der Waals surface area contributed by atoms with E-state index >= 15 is 0 Å². The van der Waals surface area contributed by atoms with E-state index in [1.807, 2.05) is 4.57 Å². The number of methoxy groups -OCH3 is 1. The van der Waals surface area contributed by atoms with Crippen molar-refractivity contribution in [1.29, 1.82) is 0 Å². The number of carbonyl (C=O) groups excluding carboxylic acids is 1. The summed E-state index contributed by atoms with van der Waals surface area (Å²) >= 11 is 0. The third kappa shape index (κ3) is 3.58. The molecule has 6 heteroatoms. The van der Waals surface area contributed by atoms with Crippen molar-refractivity contribution >= 4 is 5.97 Å². The predicted molar refractivity (Wildman–Crippen MR) is 74.3 cm³/mol. The van der Waals surface area contributed by atoms with Gasteiger partial charge in [-0.2, -0.15) is 0 Å². The number of esters is 1. The zero-order valence-corrected chi connectivity index (χ0v) is 12.2. The number of nitrogens with one attached hydrogen (secondary N) is 1. The Morgan fingerprint density at radius 3 is 3.20 bits per heavy atom. The summed E-state index contributed by atoms with van der Waals surface area (Å²) in [4.78, 5) is 16.1. The second-order valence-electron chi connectivity index (χ2n) is 5.01. The molecule has 20 heavy (non-hydrogen) atoms. The molecule has 0 spiro atoms. The molecule has 2 rings (SSSR count). The van der Waals surface area contributed by atoms with E-state index in [9.17, 15) is 4.79 Å². The Kier molecular flexibility index (Phi) is 5.55. The highest BCUT2D eigenvalue weighted by atomic mass is 16.5. The van der Waals surface area contributed by atoms with Crippen LogP contribution in [0.4, 0.5) is 0 Å². The highest BCUT2D eigenvalue weighted by Gasteiger charge is 2.26. The summed E-state index contributed by atoms with van der Waals surface area (Å²) in [7, 11) is 1.41. The van der Waals surface area contributed by atoms with Gasteiger partial charge in [-0.15, -0.1) is 0 Å². The van der Waals surface area contributed by atoms with Crippen LogP contribution in [0.25, 0.3) is 0 Å². The first-order valence-corrected chi connectivity index (χ1v) is 7.19. The van der Waals surface area contributed by atoms with Crippen molar-refractivity contribution in [3.05, 3.63) is 18.2 Å². The van der Waals surface area contributed by atoms with Crippen LogP contribution >= 0.6 is 0 Å². The number of imidazole rings is 1. The van der Waals surface area contributed by atoms with Crippen molar-refractivity contribution in [3.63, 3.8) is 0 Å². The molecule has 1 fully saturated rings. The lowest BCUT2D eigenvalue weighted by atomic mass is 10.2. The fraction of sp³-hybridized carbons (Fsp3) is 0.714. The molecule has 1 N–H and O–H groups in total. The highest BCUT2D eigenvalue weighted by Crippen LogP contribution is 2.17. The Morgan fingerprint density at radius 1 is 1.70 bits per heavy atom. The van der Waals surface area contributed by atoms with Gasteiger partial charge in [-0.05, 0) is 19.3 Å². The minimum atomic E-state index is -0.488. The lowest BCUT2D eigenvalue weighted by Gasteiger charge is -2.20. The van der Waals surface area contributed by atoms with Crippen molar-refractivity contribution in [2.45, 2.75) is 44.9 Å². The Balaban J connectivity index is 2.05. The van der Waals surface area contributed by atoms with Crippen LogP contribution in [0.2, 0.25) is 0 Å². The van der Waals surface area contributed by atoms with E-state index in [0.29, 0.717) is 6.54 Å². The largest absolute Gasteiger partial charge is 0.468 e. The van der Waals surface area contributed by atoms with Gasteiger partial charge in [-0.1, -0.05) is 6.92 Å². The van der Waals surface area contributed by atoms with Gasteiger partial charge >= 0.3 is 5.97 Å². The second-order valence-corrected chi connectivity index (χ2v) is 5.01. The molecule has 112 valence electrons. The Labute approximate surface area is 119 Å². The van der Waals surface area contributed by atoms with Crippen LogP contribution in [0, 0.1) is 0 Å². The van der Waals surface area contributed by atoms with Crippen molar-refractivity contribution in [3.8, 4) is 0 Å². The number of carbonyl (C=O) groups is 1. The number of rotatable bonds is 7. The number of nitrogens with zero attached hydrogens (tertiary/aromatic N) is 2. The van der Waals surface area contributed by atoms with E-state index in [2.05, 4.69) is 17.2 Å². The van der Waals surface area contributed by atoms with Crippen LogP contribution in [0.3, 0.4) is 0 Å². The fourth-order valence-electron chi connectivity index (χ4n) is 2.48. The summed E-state index contributed by atoms with van der Waals surface area (Å²) in [6.07, 6.45) is 6.77. The molecule has 1 aliphatic heterocycles. The minimum absolute atomic E-state index is 0.185. The molecule has 1 saturated heterocycles. The van der Waals surface area contributed by atoms with E-state index in [0.717, 1.165) is 38.1 Å². The van der Waals surface area contributed by atoms with Gasteiger partial charge < -0.3 is 14.0 Å². The topological polar surface area (TPSA) is 65.4 Å². The fourth-order valence-corrected chi connectivity index (χ4v) is 2.48. The van der Waals surface area contributed by atoms with Crippen molar-refractivity contribution in [2.24, 2.45) is 0 Å². The molecule has 2 unspecified atom stereocenters. The van der Waals surface area contributed by atoms with Gasteiger partial charge in [0.05, 0.1) is 31.4 Å². The molecular weight excluding hydrogens is 258 g/mol. The monoisotopic (exact) mass is 281 g/mol. The van der Waals surface area contributed by atoms with Gasteiger partial charge in [0, 0.05) is 19.7 Å². The maximum Gasteiger partial charge on any atom is 0.329 e. The molecule has 2 heterocycles. The molecule has 1 aromatic heterocycles. The molecule has 0 bridgehead atoms. The Morgan fingerprint density at radius 2 is 2.55 bits per heavy atom. The summed E-state index contributed by atoms with van der Waals surface area (Å²) in [5.74, 6) is -0.291. The molecule has 0 aromatic carbocycles. The summed E-state index contributed by atoms with van der Waals surface area (Å²) in [6.45, 7) is 4.39. The number of aromatic nitrogens is 2. The Bertz CT molecular complexity index is 427. The summed E-state index contributed by atoms with van der Waals surface area (Å²) < 4.78 is 12.5. The Hall–Kier alpha value is -1.40. The van der Waals surface area contributed by atoms with Crippen LogP contribution in [0.1, 0.15) is 37.9 Å². The molecule has 1 aliphatic rings. The molecule has 0 radical (unpaired) electrons. The van der Waals surface area contributed by atoms with Gasteiger partial charge in [-0.25, -0.2) is 9.78 Å². The molecule has 6 nitrogen and oxygen atoms in total. The van der Waals surface area contributed by atoms with E-state index in [-0.39, 0.29) is 12.1 Å². The lowest BCUT2D eigenvalue weighted by molar-refractivity contribution is -0.143. The lowest BCUT2D eigenvalue weighted by Crippen LogP contribution is -2.36. The first-order chi connectivity index (χ1) is 9.76. The van der Waals surface area contributed by atoms with E-state index < -0.39 is 6.04 Å². The number of hydrogen-bond acceptors (Lipinski definition) is 5. The normalized spacial score (nSPS) is 20.0. The first kappa shape index (κ1) is 15.0. The van der Waals surface area contributed by atoms with Gasteiger partial charge in [-0.3, -0.25) is 5.32 Å². The molecular formula is C14H23N3O3. The number of ether oxygens (including phenoxy) is 2. The summed E-state index contributed by atoms with van der Waals surface area (Å²) in [6, 6.07) is -0.488. The van der Waals surface area contributed by atoms with Crippen LogP contribution in [-0.2, 0) is 20.8 Å². The average molecular weight is 281 g/mol. The smallest absolute Gasteiger partial charge is 0.329 e. The molecule has 1 aromatic rings. The quantitative estimate of drug-likeness (QED) is 0.763. The highest BCUT2D eigenvalue weighted by molar-refractivity contribution is 5.76. The molecule has 0 aliphatic carbocycles. The SMILES string of the molecule is CCCn1cncc1C(NCC1CCCO1)C(=O)OC. The zero-order valence-electron chi connectivity index (χ0n) is 12.2. The van der Waals surface area contributed by atoms with E-state index in [4.69, 9.17) is 9.47 Å². The van der Waals surface area contributed by atoms with Crippen molar-refractivity contribution in [2.75, 3.05) is 20.3 Å². The number of aryl methyl sites for hydroxylation is 1. The second kappa shape index (κ2) is 7.40. The van der Waals surface area contributed by atoms with E-state index in [1.165, 1.54) is 7.11 Å². The first-order valence-electron chi connectivity index (χ1n) is 7.19. The average Bonchev–Trinajstić information content (AvgIpc) is 3.11. The third-order valence-electron chi connectivity index (χ3n) is 3.52. The van der Waals surface area contributed by atoms with Crippen LogP contribution in [0.5, 0.6) is 0 Å². The maximum absolute atomic E-state index is 12.0. The van der Waals surface area contributed by atoms with Crippen molar-refractivity contribution < 1.29 is 14.3 Å². The minimum Gasteiger partial charge on any atom is -0.468 e. The third-order valence-corrected chi connectivity index (χ3v) is 3.52. The van der Waals surface area contributed by atoms with Gasteiger partial charge in [0.25, 0.3) is 0 Å².